The third-order valence-electron chi connectivity index (χ3n) is 2.97. The molecule has 1 aliphatic rings. The zero-order valence-corrected chi connectivity index (χ0v) is 9.12. The van der Waals surface area contributed by atoms with E-state index in [1.165, 1.54) is 0 Å². The summed E-state index contributed by atoms with van der Waals surface area (Å²) in [5, 5.41) is 7.82. The second-order valence-electron chi connectivity index (χ2n) is 4.07. The summed E-state index contributed by atoms with van der Waals surface area (Å²) in [4.78, 5) is 22.9. The number of nitrogens with one attached hydrogen (secondary N) is 3. The van der Waals surface area contributed by atoms with E-state index in [4.69, 9.17) is 0 Å². The van der Waals surface area contributed by atoms with Crippen molar-refractivity contribution < 1.29 is 0 Å². The Morgan fingerprint density at radius 3 is 2.65 bits per heavy atom. The highest BCUT2D eigenvalue weighted by Crippen LogP contribution is 2.23. The lowest BCUT2D eigenvalue weighted by atomic mass is 10.0. The number of fused-ring (bicyclic) bond motifs is 1. The fraction of sp³-hybridized carbons (Fsp3) is 0.273. The summed E-state index contributed by atoms with van der Waals surface area (Å²) >= 11 is 0. The molecule has 2 aromatic rings. The van der Waals surface area contributed by atoms with E-state index in [1.807, 2.05) is 12.1 Å². The van der Waals surface area contributed by atoms with Gasteiger partial charge in [-0.2, -0.15) is 0 Å². The first-order valence-electron chi connectivity index (χ1n) is 5.52. The SMILES string of the molecule is O=c1[nH][nH]c(=O)n1-c1ccc2c(c1)CCCN2. The summed E-state index contributed by atoms with van der Waals surface area (Å²) in [6.45, 7) is 0.969. The van der Waals surface area contributed by atoms with Gasteiger partial charge in [-0.15, -0.1) is 0 Å². The average Bonchev–Trinajstić information content (AvgIpc) is 2.68. The van der Waals surface area contributed by atoms with Crippen LogP contribution in [0.25, 0.3) is 5.69 Å². The molecule has 3 rings (SSSR count). The number of nitrogens with zero attached hydrogens (tertiary/aromatic N) is 1. The minimum absolute atomic E-state index is 0.446. The van der Waals surface area contributed by atoms with Gasteiger partial charge >= 0.3 is 11.4 Å². The van der Waals surface area contributed by atoms with E-state index >= 15 is 0 Å². The van der Waals surface area contributed by atoms with Crippen molar-refractivity contribution in [3.63, 3.8) is 0 Å². The highest BCUT2D eigenvalue weighted by atomic mass is 16.2. The molecule has 0 bridgehead atoms. The Balaban J connectivity index is 2.17. The molecule has 1 aromatic heterocycles. The molecule has 0 spiro atoms. The van der Waals surface area contributed by atoms with Crippen LogP contribution >= 0.6 is 0 Å². The molecule has 0 aliphatic carbocycles. The Morgan fingerprint density at radius 2 is 1.88 bits per heavy atom. The number of anilines is 1. The summed E-state index contributed by atoms with van der Waals surface area (Å²) < 4.78 is 1.09. The highest BCUT2D eigenvalue weighted by molar-refractivity contribution is 5.57. The summed E-state index contributed by atoms with van der Waals surface area (Å²) in [6.07, 6.45) is 2.03. The second kappa shape index (κ2) is 3.65. The minimum atomic E-state index is -0.446. The number of rotatable bonds is 1. The monoisotopic (exact) mass is 232 g/mol. The van der Waals surface area contributed by atoms with Crippen LogP contribution in [0.3, 0.4) is 0 Å². The standard InChI is InChI=1S/C11H12N4O2/c16-10-13-14-11(17)15(10)8-3-4-9-7(6-8)2-1-5-12-9/h3-4,6,12H,1-2,5H2,(H,13,16)(H,14,17). The first-order valence-corrected chi connectivity index (χ1v) is 5.52. The van der Waals surface area contributed by atoms with E-state index in [-0.39, 0.29) is 0 Å². The van der Waals surface area contributed by atoms with Gasteiger partial charge in [0.1, 0.15) is 0 Å². The van der Waals surface area contributed by atoms with E-state index < -0.39 is 11.4 Å². The maximum absolute atomic E-state index is 11.5. The Hall–Kier alpha value is -2.24. The predicted molar refractivity (Wildman–Crippen MR) is 63.8 cm³/mol. The maximum Gasteiger partial charge on any atom is 0.348 e. The molecular formula is C11H12N4O2. The Morgan fingerprint density at radius 1 is 1.12 bits per heavy atom. The number of benzene rings is 1. The molecule has 0 radical (unpaired) electrons. The van der Waals surface area contributed by atoms with Crippen molar-refractivity contribution in [3.05, 3.63) is 44.7 Å². The average molecular weight is 232 g/mol. The summed E-state index contributed by atoms with van der Waals surface area (Å²) in [5.41, 5.74) is 1.93. The molecule has 0 amide bonds. The molecule has 2 heterocycles. The van der Waals surface area contributed by atoms with Crippen LogP contribution in [0, 0.1) is 0 Å². The molecule has 6 nitrogen and oxygen atoms in total. The van der Waals surface area contributed by atoms with Crippen LogP contribution < -0.4 is 16.7 Å². The van der Waals surface area contributed by atoms with Gasteiger partial charge in [-0.05, 0) is 36.6 Å². The number of aryl methyl sites for hydroxylation is 1. The van der Waals surface area contributed by atoms with Crippen molar-refractivity contribution in [1.29, 1.82) is 0 Å². The largest absolute Gasteiger partial charge is 0.385 e. The molecule has 0 saturated heterocycles. The molecule has 0 saturated carbocycles. The zero-order chi connectivity index (χ0) is 11.8. The quantitative estimate of drug-likeness (QED) is 0.657. The fourth-order valence-corrected chi connectivity index (χ4v) is 2.15. The molecule has 1 aliphatic heterocycles. The highest BCUT2D eigenvalue weighted by Gasteiger charge is 2.11. The van der Waals surface area contributed by atoms with Crippen molar-refractivity contribution >= 4 is 5.69 Å². The summed E-state index contributed by atoms with van der Waals surface area (Å²) in [6, 6.07) is 5.55. The van der Waals surface area contributed by atoms with E-state index in [0.717, 1.165) is 35.2 Å². The van der Waals surface area contributed by atoms with Crippen LogP contribution in [0.15, 0.2) is 27.8 Å². The first-order chi connectivity index (χ1) is 8.25. The van der Waals surface area contributed by atoms with E-state index in [9.17, 15) is 9.59 Å². The second-order valence-corrected chi connectivity index (χ2v) is 4.07. The van der Waals surface area contributed by atoms with Gasteiger partial charge in [-0.1, -0.05) is 0 Å². The molecule has 0 unspecified atom stereocenters. The molecule has 88 valence electrons. The molecule has 0 fully saturated rings. The van der Waals surface area contributed by atoms with Gasteiger partial charge in [0.25, 0.3) is 0 Å². The third kappa shape index (κ3) is 1.57. The number of hydrogen-bond acceptors (Lipinski definition) is 3. The van der Waals surface area contributed by atoms with Gasteiger partial charge in [-0.3, -0.25) is 0 Å². The van der Waals surface area contributed by atoms with Crippen LogP contribution in [0.1, 0.15) is 12.0 Å². The topological polar surface area (TPSA) is 82.7 Å². The van der Waals surface area contributed by atoms with E-state index in [2.05, 4.69) is 15.5 Å². The molecular weight excluding hydrogens is 220 g/mol. The Labute approximate surface area is 96.3 Å². The van der Waals surface area contributed by atoms with Crippen LogP contribution in [-0.2, 0) is 6.42 Å². The fourth-order valence-electron chi connectivity index (χ4n) is 2.15. The minimum Gasteiger partial charge on any atom is -0.385 e. The number of H-pyrrole nitrogens is 2. The Kier molecular flexibility index (Phi) is 2.14. The van der Waals surface area contributed by atoms with Crippen molar-refractivity contribution in [2.45, 2.75) is 12.8 Å². The molecule has 6 heteroatoms. The zero-order valence-electron chi connectivity index (χ0n) is 9.12. The van der Waals surface area contributed by atoms with Gasteiger partial charge in [0, 0.05) is 12.2 Å². The first kappa shape index (κ1) is 9.95. The summed E-state index contributed by atoms with van der Waals surface area (Å²) in [7, 11) is 0. The van der Waals surface area contributed by atoms with Crippen molar-refractivity contribution in [1.82, 2.24) is 14.8 Å². The maximum atomic E-state index is 11.5. The van der Waals surface area contributed by atoms with Crippen LogP contribution in [0.5, 0.6) is 0 Å². The third-order valence-corrected chi connectivity index (χ3v) is 2.97. The van der Waals surface area contributed by atoms with E-state index in [1.54, 1.807) is 6.07 Å². The van der Waals surface area contributed by atoms with E-state index in [0.29, 0.717) is 5.69 Å². The predicted octanol–water partition coefficient (Wildman–Crippen LogP) is 0.212. The van der Waals surface area contributed by atoms with Crippen LogP contribution in [0.4, 0.5) is 5.69 Å². The van der Waals surface area contributed by atoms with Gasteiger partial charge in [0.2, 0.25) is 0 Å². The van der Waals surface area contributed by atoms with Crippen LogP contribution in [-0.4, -0.2) is 21.3 Å². The van der Waals surface area contributed by atoms with Crippen LogP contribution in [0.2, 0.25) is 0 Å². The normalized spacial score (nSPS) is 14.1. The number of hydrogen-bond donors (Lipinski definition) is 3. The smallest absolute Gasteiger partial charge is 0.348 e. The molecule has 3 N–H and O–H groups in total. The molecule has 17 heavy (non-hydrogen) atoms. The molecule has 0 atom stereocenters. The van der Waals surface area contributed by atoms with Crippen molar-refractivity contribution in [3.8, 4) is 5.69 Å². The summed E-state index contributed by atoms with van der Waals surface area (Å²) in [5.74, 6) is 0. The van der Waals surface area contributed by atoms with Gasteiger partial charge in [0.15, 0.2) is 0 Å². The van der Waals surface area contributed by atoms with Gasteiger partial charge < -0.3 is 5.32 Å². The number of aromatic nitrogens is 3. The Bertz CT molecular complexity index is 637. The lowest BCUT2D eigenvalue weighted by molar-refractivity contribution is 0.826. The van der Waals surface area contributed by atoms with Crippen molar-refractivity contribution in [2.75, 3.05) is 11.9 Å². The van der Waals surface area contributed by atoms with Gasteiger partial charge in [-0.25, -0.2) is 24.4 Å². The lowest BCUT2D eigenvalue weighted by Crippen LogP contribution is -2.25. The van der Waals surface area contributed by atoms with Gasteiger partial charge in [0.05, 0.1) is 5.69 Å². The number of aromatic amines is 2. The molecule has 1 aromatic carbocycles. The lowest BCUT2D eigenvalue weighted by Gasteiger charge is -2.18. The van der Waals surface area contributed by atoms with Crippen molar-refractivity contribution in [2.24, 2.45) is 0 Å².